The molecule has 1 rings (SSSR count). The number of amides is 2. The number of nitrogens with zero attached hydrogens (tertiary/aromatic N) is 1. The van der Waals surface area contributed by atoms with E-state index < -0.39 is 0 Å². The van der Waals surface area contributed by atoms with Gasteiger partial charge in [0, 0.05) is 38.8 Å². The summed E-state index contributed by atoms with van der Waals surface area (Å²) in [7, 11) is 0. The first-order valence-corrected chi connectivity index (χ1v) is 5.58. The molecular formula is C10H21N3O2. The largest absolute Gasteiger partial charge is 0.380 e. The molecule has 2 amide bonds. The molecule has 0 aromatic rings. The third-order valence-corrected chi connectivity index (χ3v) is 2.39. The predicted octanol–water partition coefficient (Wildman–Crippen LogP) is 0.0262. The lowest BCUT2D eigenvalue weighted by Crippen LogP contribution is -2.39. The van der Waals surface area contributed by atoms with Gasteiger partial charge in [-0.25, -0.2) is 4.79 Å². The Morgan fingerprint density at radius 1 is 1.67 bits per heavy atom. The van der Waals surface area contributed by atoms with E-state index in [9.17, 15) is 4.79 Å². The Balaban J connectivity index is 2.02. The maximum Gasteiger partial charge on any atom is 0.317 e. The molecule has 1 aliphatic rings. The first-order valence-electron chi connectivity index (χ1n) is 5.58. The number of carbonyl (C=O) groups is 1. The average Bonchev–Trinajstić information content (AvgIpc) is 2.61. The van der Waals surface area contributed by atoms with Crippen LogP contribution in [0.25, 0.3) is 0 Å². The Kier molecular flexibility index (Phi) is 5.42. The second-order valence-corrected chi connectivity index (χ2v) is 3.73. The molecule has 0 aromatic heterocycles. The van der Waals surface area contributed by atoms with Gasteiger partial charge in [-0.15, -0.1) is 0 Å². The van der Waals surface area contributed by atoms with Crippen molar-refractivity contribution in [3.05, 3.63) is 0 Å². The number of urea groups is 1. The first kappa shape index (κ1) is 12.3. The van der Waals surface area contributed by atoms with Gasteiger partial charge in [0.25, 0.3) is 0 Å². The second-order valence-electron chi connectivity index (χ2n) is 3.73. The van der Waals surface area contributed by atoms with Crippen molar-refractivity contribution >= 4 is 6.03 Å². The highest BCUT2D eigenvalue weighted by molar-refractivity contribution is 5.76. The van der Waals surface area contributed by atoms with Crippen LogP contribution >= 0.6 is 0 Å². The van der Waals surface area contributed by atoms with Crippen molar-refractivity contribution in [2.45, 2.75) is 19.9 Å². The number of hydrogen-bond acceptors (Lipinski definition) is 3. The molecule has 0 spiro atoms. The number of ether oxygens (including phenoxy) is 1. The standard InChI is InChI=1S/C10H21N3O2/c1-3-15-8-9(2)11-4-6-13-7-5-12-10(13)14/h9,11H,3-8H2,1-2H3,(H,12,14). The quantitative estimate of drug-likeness (QED) is 0.630. The highest BCUT2D eigenvalue weighted by atomic mass is 16.5. The molecule has 5 heteroatoms. The van der Waals surface area contributed by atoms with Crippen molar-refractivity contribution in [3.63, 3.8) is 0 Å². The van der Waals surface area contributed by atoms with E-state index in [1.54, 1.807) is 0 Å². The fourth-order valence-corrected chi connectivity index (χ4v) is 1.52. The van der Waals surface area contributed by atoms with E-state index in [1.807, 2.05) is 11.8 Å². The van der Waals surface area contributed by atoms with Gasteiger partial charge in [0.05, 0.1) is 6.61 Å². The van der Waals surface area contributed by atoms with Gasteiger partial charge in [-0.3, -0.25) is 0 Å². The van der Waals surface area contributed by atoms with E-state index in [0.717, 1.165) is 39.4 Å². The van der Waals surface area contributed by atoms with Crippen LogP contribution in [0, 0.1) is 0 Å². The summed E-state index contributed by atoms with van der Waals surface area (Å²) in [4.78, 5) is 13.0. The molecule has 88 valence electrons. The van der Waals surface area contributed by atoms with Crippen LogP contribution in [0.15, 0.2) is 0 Å². The van der Waals surface area contributed by atoms with E-state index in [1.165, 1.54) is 0 Å². The van der Waals surface area contributed by atoms with Crippen molar-refractivity contribution < 1.29 is 9.53 Å². The van der Waals surface area contributed by atoms with E-state index in [-0.39, 0.29) is 6.03 Å². The van der Waals surface area contributed by atoms with Crippen molar-refractivity contribution in [1.29, 1.82) is 0 Å². The van der Waals surface area contributed by atoms with Gasteiger partial charge in [0.1, 0.15) is 0 Å². The van der Waals surface area contributed by atoms with Gasteiger partial charge in [-0.05, 0) is 13.8 Å². The molecule has 1 aliphatic heterocycles. The van der Waals surface area contributed by atoms with Crippen LogP contribution in [-0.2, 0) is 4.74 Å². The molecule has 15 heavy (non-hydrogen) atoms. The molecule has 1 saturated heterocycles. The summed E-state index contributed by atoms with van der Waals surface area (Å²) in [5, 5.41) is 6.09. The van der Waals surface area contributed by atoms with Crippen LogP contribution in [0.2, 0.25) is 0 Å². The topological polar surface area (TPSA) is 53.6 Å². The summed E-state index contributed by atoms with van der Waals surface area (Å²) in [6, 6.07) is 0.393. The Labute approximate surface area is 91.2 Å². The summed E-state index contributed by atoms with van der Waals surface area (Å²) in [6.45, 7) is 8.72. The van der Waals surface area contributed by atoms with Gasteiger partial charge in [0.15, 0.2) is 0 Å². The maximum absolute atomic E-state index is 11.2. The second kappa shape index (κ2) is 6.63. The highest BCUT2D eigenvalue weighted by Crippen LogP contribution is 1.94. The molecular weight excluding hydrogens is 194 g/mol. The molecule has 0 aromatic carbocycles. The zero-order chi connectivity index (χ0) is 11.1. The van der Waals surface area contributed by atoms with E-state index in [2.05, 4.69) is 17.6 Å². The zero-order valence-corrected chi connectivity index (χ0v) is 9.58. The van der Waals surface area contributed by atoms with Crippen molar-refractivity contribution in [2.24, 2.45) is 0 Å². The highest BCUT2D eigenvalue weighted by Gasteiger charge is 2.18. The number of nitrogens with one attached hydrogen (secondary N) is 2. The lowest BCUT2D eigenvalue weighted by Gasteiger charge is -2.17. The lowest BCUT2D eigenvalue weighted by molar-refractivity contribution is 0.126. The normalized spacial score (nSPS) is 18.0. The van der Waals surface area contributed by atoms with Gasteiger partial charge in [-0.1, -0.05) is 0 Å². The molecule has 5 nitrogen and oxygen atoms in total. The molecule has 0 bridgehead atoms. The minimum absolute atomic E-state index is 0.0502. The summed E-state index contributed by atoms with van der Waals surface area (Å²) in [6.07, 6.45) is 0. The number of rotatable bonds is 7. The molecule has 2 N–H and O–H groups in total. The molecule has 0 radical (unpaired) electrons. The first-order chi connectivity index (χ1) is 7.24. The lowest BCUT2D eigenvalue weighted by atomic mass is 10.3. The van der Waals surface area contributed by atoms with E-state index >= 15 is 0 Å². The van der Waals surface area contributed by atoms with Gasteiger partial charge in [-0.2, -0.15) is 0 Å². The molecule has 1 fully saturated rings. The van der Waals surface area contributed by atoms with Crippen molar-refractivity contribution in [1.82, 2.24) is 15.5 Å². The van der Waals surface area contributed by atoms with Crippen LogP contribution in [0.5, 0.6) is 0 Å². The fraction of sp³-hybridized carbons (Fsp3) is 0.900. The van der Waals surface area contributed by atoms with Crippen LogP contribution in [0.4, 0.5) is 4.79 Å². The third kappa shape index (κ3) is 4.48. The molecule has 1 unspecified atom stereocenters. The van der Waals surface area contributed by atoms with Crippen LogP contribution in [-0.4, -0.2) is 56.4 Å². The van der Waals surface area contributed by atoms with Crippen LogP contribution in [0.3, 0.4) is 0 Å². The summed E-state index contributed by atoms with van der Waals surface area (Å²) in [5.74, 6) is 0. The summed E-state index contributed by atoms with van der Waals surface area (Å²) < 4.78 is 5.28. The van der Waals surface area contributed by atoms with Crippen molar-refractivity contribution in [2.75, 3.05) is 39.4 Å². The minimum Gasteiger partial charge on any atom is -0.380 e. The maximum atomic E-state index is 11.2. The zero-order valence-electron chi connectivity index (χ0n) is 9.58. The minimum atomic E-state index is 0.0502. The summed E-state index contributed by atoms with van der Waals surface area (Å²) in [5.41, 5.74) is 0. The molecule has 0 saturated carbocycles. The molecule has 1 heterocycles. The average molecular weight is 215 g/mol. The Bertz CT molecular complexity index is 199. The van der Waals surface area contributed by atoms with Crippen LogP contribution < -0.4 is 10.6 Å². The Morgan fingerprint density at radius 3 is 3.07 bits per heavy atom. The van der Waals surface area contributed by atoms with Crippen molar-refractivity contribution in [3.8, 4) is 0 Å². The van der Waals surface area contributed by atoms with Gasteiger partial charge >= 0.3 is 6.03 Å². The smallest absolute Gasteiger partial charge is 0.317 e. The van der Waals surface area contributed by atoms with E-state index in [0.29, 0.717) is 6.04 Å². The molecule has 1 atom stereocenters. The van der Waals surface area contributed by atoms with Gasteiger partial charge < -0.3 is 20.3 Å². The number of carbonyl (C=O) groups excluding carboxylic acids is 1. The predicted molar refractivity (Wildman–Crippen MR) is 58.9 cm³/mol. The van der Waals surface area contributed by atoms with Crippen LogP contribution in [0.1, 0.15) is 13.8 Å². The summed E-state index contributed by atoms with van der Waals surface area (Å²) >= 11 is 0. The number of hydrogen-bond donors (Lipinski definition) is 2. The third-order valence-electron chi connectivity index (χ3n) is 2.39. The SMILES string of the molecule is CCOCC(C)NCCN1CCNC1=O. The Hall–Kier alpha value is -0.810. The fourth-order valence-electron chi connectivity index (χ4n) is 1.52. The Morgan fingerprint density at radius 2 is 2.47 bits per heavy atom. The van der Waals surface area contributed by atoms with Gasteiger partial charge in [0.2, 0.25) is 0 Å². The molecule has 0 aliphatic carbocycles. The monoisotopic (exact) mass is 215 g/mol. The van der Waals surface area contributed by atoms with E-state index in [4.69, 9.17) is 4.74 Å².